The summed E-state index contributed by atoms with van der Waals surface area (Å²) in [5, 5.41) is 0. The van der Waals surface area contributed by atoms with Crippen molar-refractivity contribution in [3.05, 3.63) is 47.8 Å². The van der Waals surface area contributed by atoms with Crippen LogP contribution in [0.15, 0.2) is 30.6 Å². The van der Waals surface area contributed by atoms with E-state index in [1.54, 1.807) is 12.4 Å². The second-order valence-electron chi connectivity index (χ2n) is 4.42. The molecule has 1 atom stereocenters. The largest absolute Gasteiger partial charge is 0.424 e. The molecule has 1 heterocycles. The van der Waals surface area contributed by atoms with Gasteiger partial charge in [-0.15, -0.1) is 0 Å². The molecule has 0 spiro atoms. The number of hydrogen-bond acceptors (Lipinski definition) is 4. The second-order valence-corrected chi connectivity index (χ2v) is 4.42. The summed E-state index contributed by atoms with van der Waals surface area (Å²) >= 11 is 0. The smallest absolute Gasteiger partial charge is 0.321 e. The van der Waals surface area contributed by atoms with E-state index >= 15 is 0 Å². The third-order valence-corrected chi connectivity index (χ3v) is 2.80. The highest BCUT2D eigenvalue weighted by molar-refractivity contribution is 5.26. The molecule has 0 saturated heterocycles. The standard InChI is InChI=1S/C14H15F2N3O/c1-2-10(17)5-9-7-18-14(19-8-9)20-11-3-4-12(15)13(16)6-11/h3-4,6-8,10H,2,5,17H2,1H3. The molecule has 2 rings (SSSR count). The molecule has 106 valence electrons. The van der Waals surface area contributed by atoms with Crippen molar-refractivity contribution in [2.45, 2.75) is 25.8 Å². The zero-order valence-electron chi connectivity index (χ0n) is 11.0. The quantitative estimate of drug-likeness (QED) is 0.914. The van der Waals surface area contributed by atoms with E-state index in [1.165, 1.54) is 6.07 Å². The molecule has 0 saturated carbocycles. The summed E-state index contributed by atoms with van der Waals surface area (Å²) in [5.74, 6) is -1.77. The summed E-state index contributed by atoms with van der Waals surface area (Å²) in [4.78, 5) is 8.02. The molecule has 6 heteroatoms. The van der Waals surface area contributed by atoms with Crippen LogP contribution in [-0.4, -0.2) is 16.0 Å². The summed E-state index contributed by atoms with van der Waals surface area (Å²) in [6.07, 6.45) is 4.77. The van der Waals surface area contributed by atoms with Crippen molar-refractivity contribution in [2.24, 2.45) is 5.73 Å². The summed E-state index contributed by atoms with van der Waals surface area (Å²) in [5.41, 5.74) is 6.73. The first kappa shape index (κ1) is 14.3. The third-order valence-electron chi connectivity index (χ3n) is 2.80. The SMILES string of the molecule is CCC(N)Cc1cnc(Oc2ccc(F)c(F)c2)nc1. The van der Waals surface area contributed by atoms with Crippen LogP contribution >= 0.6 is 0 Å². The van der Waals surface area contributed by atoms with Crippen LogP contribution in [0.4, 0.5) is 8.78 Å². The van der Waals surface area contributed by atoms with Crippen LogP contribution in [0, 0.1) is 11.6 Å². The summed E-state index contributed by atoms with van der Waals surface area (Å²) < 4.78 is 31.0. The molecule has 2 N–H and O–H groups in total. The lowest BCUT2D eigenvalue weighted by Gasteiger charge is -2.08. The van der Waals surface area contributed by atoms with Crippen molar-refractivity contribution in [3.8, 4) is 11.8 Å². The first-order valence-corrected chi connectivity index (χ1v) is 6.28. The zero-order chi connectivity index (χ0) is 14.5. The minimum Gasteiger partial charge on any atom is -0.424 e. The van der Waals surface area contributed by atoms with Crippen LogP contribution in [0.3, 0.4) is 0 Å². The van der Waals surface area contributed by atoms with Gasteiger partial charge in [-0.25, -0.2) is 18.7 Å². The van der Waals surface area contributed by atoms with Crippen molar-refractivity contribution in [1.82, 2.24) is 9.97 Å². The average Bonchev–Trinajstić information content (AvgIpc) is 2.45. The molecule has 0 aliphatic heterocycles. The fourth-order valence-corrected chi connectivity index (χ4v) is 1.59. The fraction of sp³-hybridized carbons (Fsp3) is 0.286. The van der Waals surface area contributed by atoms with Gasteiger partial charge in [0.2, 0.25) is 0 Å². The first-order valence-electron chi connectivity index (χ1n) is 6.28. The van der Waals surface area contributed by atoms with Crippen molar-refractivity contribution in [2.75, 3.05) is 0 Å². The third kappa shape index (κ3) is 3.71. The minimum atomic E-state index is -0.979. The number of halogens is 2. The van der Waals surface area contributed by atoms with Crippen LogP contribution in [0.25, 0.3) is 0 Å². The molecule has 0 fully saturated rings. The number of aromatic nitrogens is 2. The topological polar surface area (TPSA) is 61.0 Å². The highest BCUT2D eigenvalue weighted by Crippen LogP contribution is 2.20. The molecule has 0 aliphatic rings. The molecule has 0 aliphatic carbocycles. The number of nitrogens with zero attached hydrogens (tertiary/aromatic N) is 2. The second kappa shape index (κ2) is 6.38. The van der Waals surface area contributed by atoms with Gasteiger partial charge in [-0.2, -0.15) is 0 Å². The lowest BCUT2D eigenvalue weighted by atomic mass is 10.1. The Kier molecular flexibility index (Phi) is 4.57. The van der Waals surface area contributed by atoms with Gasteiger partial charge in [0.15, 0.2) is 11.6 Å². The lowest BCUT2D eigenvalue weighted by molar-refractivity contribution is 0.430. The zero-order valence-corrected chi connectivity index (χ0v) is 11.0. The molecule has 1 unspecified atom stereocenters. The Morgan fingerprint density at radius 3 is 2.50 bits per heavy atom. The van der Waals surface area contributed by atoms with Gasteiger partial charge < -0.3 is 10.5 Å². The minimum absolute atomic E-state index is 0.0663. The van der Waals surface area contributed by atoms with E-state index in [9.17, 15) is 8.78 Å². The molecule has 1 aromatic heterocycles. The summed E-state index contributed by atoms with van der Waals surface area (Å²) in [6.45, 7) is 2.01. The van der Waals surface area contributed by atoms with Gasteiger partial charge >= 0.3 is 6.01 Å². The number of ether oxygens (including phenoxy) is 1. The summed E-state index contributed by atoms with van der Waals surface area (Å²) in [6, 6.07) is 3.38. The van der Waals surface area contributed by atoms with Crippen LogP contribution in [0.5, 0.6) is 11.8 Å². The van der Waals surface area contributed by atoms with E-state index in [2.05, 4.69) is 9.97 Å². The number of rotatable bonds is 5. The first-order chi connectivity index (χ1) is 9.58. The van der Waals surface area contributed by atoms with Gasteiger partial charge in [-0.3, -0.25) is 0 Å². The summed E-state index contributed by atoms with van der Waals surface area (Å²) in [7, 11) is 0. The van der Waals surface area contributed by atoms with Crippen molar-refractivity contribution in [3.63, 3.8) is 0 Å². The predicted octanol–water partition coefficient (Wildman–Crippen LogP) is 2.83. The Labute approximate surface area is 115 Å². The van der Waals surface area contributed by atoms with Crippen molar-refractivity contribution in [1.29, 1.82) is 0 Å². The molecule has 1 aromatic carbocycles. The molecule has 0 radical (unpaired) electrons. The van der Waals surface area contributed by atoms with E-state index < -0.39 is 11.6 Å². The monoisotopic (exact) mass is 279 g/mol. The highest BCUT2D eigenvalue weighted by Gasteiger charge is 2.07. The van der Waals surface area contributed by atoms with Crippen LogP contribution in [0.1, 0.15) is 18.9 Å². The number of hydrogen-bond donors (Lipinski definition) is 1. The van der Waals surface area contributed by atoms with Crippen molar-refractivity contribution >= 4 is 0 Å². The van der Waals surface area contributed by atoms with Gasteiger partial charge in [0.05, 0.1) is 0 Å². The average molecular weight is 279 g/mol. The molecule has 0 bridgehead atoms. The predicted molar refractivity (Wildman–Crippen MR) is 70.4 cm³/mol. The molecular weight excluding hydrogens is 264 g/mol. The van der Waals surface area contributed by atoms with Crippen LogP contribution in [-0.2, 0) is 6.42 Å². The fourth-order valence-electron chi connectivity index (χ4n) is 1.59. The van der Waals surface area contributed by atoms with Gasteiger partial charge in [0, 0.05) is 24.5 Å². The normalized spacial score (nSPS) is 12.2. The van der Waals surface area contributed by atoms with Gasteiger partial charge in [0.1, 0.15) is 5.75 Å². The number of nitrogens with two attached hydrogens (primary N) is 1. The Bertz CT molecular complexity index is 575. The van der Waals surface area contributed by atoms with E-state index in [-0.39, 0.29) is 17.8 Å². The highest BCUT2D eigenvalue weighted by atomic mass is 19.2. The van der Waals surface area contributed by atoms with Crippen molar-refractivity contribution < 1.29 is 13.5 Å². The maximum Gasteiger partial charge on any atom is 0.321 e. The molecule has 0 amide bonds. The lowest BCUT2D eigenvalue weighted by Crippen LogP contribution is -2.21. The maximum absolute atomic E-state index is 13.0. The molecule has 4 nitrogen and oxygen atoms in total. The molecular formula is C14H15F2N3O. The Balaban J connectivity index is 2.04. The molecule has 2 aromatic rings. The van der Waals surface area contributed by atoms with Crippen LogP contribution < -0.4 is 10.5 Å². The van der Waals surface area contributed by atoms with E-state index in [4.69, 9.17) is 10.5 Å². The maximum atomic E-state index is 13.0. The Morgan fingerprint density at radius 2 is 1.90 bits per heavy atom. The van der Waals surface area contributed by atoms with Gasteiger partial charge in [-0.05, 0) is 30.5 Å². The molecule has 20 heavy (non-hydrogen) atoms. The Hall–Kier alpha value is -2.08. The van der Waals surface area contributed by atoms with E-state index in [0.717, 1.165) is 24.1 Å². The van der Waals surface area contributed by atoms with Gasteiger partial charge in [0.25, 0.3) is 0 Å². The Morgan fingerprint density at radius 1 is 1.20 bits per heavy atom. The van der Waals surface area contributed by atoms with E-state index in [1.807, 2.05) is 6.92 Å². The van der Waals surface area contributed by atoms with E-state index in [0.29, 0.717) is 6.42 Å². The van der Waals surface area contributed by atoms with Gasteiger partial charge in [-0.1, -0.05) is 6.92 Å². The number of benzene rings is 1. The van der Waals surface area contributed by atoms with Crippen LogP contribution in [0.2, 0.25) is 0 Å².